The lowest BCUT2D eigenvalue weighted by Crippen LogP contribution is -2.44. The number of aliphatic hydroxyl groups is 1. The average Bonchev–Trinajstić information content (AvgIpc) is 2.96. The molecule has 1 heterocycles. The number of aromatic nitrogens is 2. The van der Waals surface area contributed by atoms with Gasteiger partial charge in [-0.05, 0) is 31.9 Å². The predicted molar refractivity (Wildman–Crippen MR) is 88.7 cm³/mol. The molecule has 1 aliphatic rings. The first-order valence-electron chi connectivity index (χ1n) is 8.20. The number of nitrogens with one attached hydrogen (secondary N) is 1. The molecule has 0 atom stereocenters. The van der Waals surface area contributed by atoms with Crippen molar-refractivity contribution in [1.29, 1.82) is 0 Å². The van der Waals surface area contributed by atoms with Crippen LogP contribution in [0.1, 0.15) is 48.2 Å². The number of nitrogens with zero attached hydrogens (tertiary/aromatic N) is 2. The quantitative estimate of drug-likeness (QED) is 0.912. The Labute approximate surface area is 136 Å². The van der Waals surface area contributed by atoms with E-state index in [9.17, 15) is 9.90 Å². The molecule has 1 aromatic carbocycles. The predicted octanol–water partition coefficient (Wildman–Crippen LogP) is 2.61. The summed E-state index contributed by atoms with van der Waals surface area (Å²) in [4.78, 5) is 12.4. The first-order valence-corrected chi connectivity index (χ1v) is 8.20. The zero-order valence-corrected chi connectivity index (χ0v) is 13.5. The van der Waals surface area contributed by atoms with Gasteiger partial charge < -0.3 is 10.4 Å². The second-order valence-electron chi connectivity index (χ2n) is 6.36. The van der Waals surface area contributed by atoms with Crippen LogP contribution in [0, 0.1) is 6.92 Å². The molecule has 2 aromatic rings. The van der Waals surface area contributed by atoms with Gasteiger partial charge in [-0.1, -0.05) is 37.5 Å². The molecule has 1 fully saturated rings. The van der Waals surface area contributed by atoms with Crippen molar-refractivity contribution in [2.45, 2.75) is 44.6 Å². The first kappa shape index (κ1) is 15.7. The first-order chi connectivity index (χ1) is 11.1. The molecule has 1 aliphatic carbocycles. The third kappa shape index (κ3) is 3.45. The normalized spacial score (nSPS) is 17.0. The highest BCUT2D eigenvalue weighted by Crippen LogP contribution is 2.27. The molecule has 5 heteroatoms. The second-order valence-corrected chi connectivity index (χ2v) is 6.36. The highest BCUT2D eigenvalue weighted by atomic mass is 16.3. The minimum absolute atomic E-state index is 0.177. The Bertz CT molecular complexity index is 673. The summed E-state index contributed by atoms with van der Waals surface area (Å²) in [5, 5.41) is 17.7. The standard InChI is InChI=1S/C18H23N3O2/c1-14-16(12-20-21(14)15-8-4-2-5-9-15)17(22)19-13-18(23)10-6-3-7-11-18/h2,4-5,8-9,12,23H,3,6-7,10-11,13H2,1H3,(H,19,22). The summed E-state index contributed by atoms with van der Waals surface area (Å²) < 4.78 is 1.75. The molecule has 0 saturated heterocycles. The van der Waals surface area contributed by atoms with Gasteiger partial charge in [0.15, 0.2) is 0 Å². The zero-order chi connectivity index (χ0) is 16.3. The van der Waals surface area contributed by atoms with Gasteiger partial charge in [-0.15, -0.1) is 0 Å². The van der Waals surface area contributed by atoms with Crippen LogP contribution in [0.2, 0.25) is 0 Å². The van der Waals surface area contributed by atoms with Crippen LogP contribution < -0.4 is 5.32 Å². The van der Waals surface area contributed by atoms with Crippen molar-refractivity contribution in [3.8, 4) is 5.69 Å². The molecule has 1 aromatic heterocycles. The van der Waals surface area contributed by atoms with E-state index in [1.54, 1.807) is 10.9 Å². The molecule has 0 bridgehead atoms. The highest BCUT2D eigenvalue weighted by Gasteiger charge is 2.30. The molecule has 1 amide bonds. The lowest BCUT2D eigenvalue weighted by atomic mass is 9.85. The van der Waals surface area contributed by atoms with Crippen molar-refractivity contribution in [2.24, 2.45) is 0 Å². The summed E-state index contributed by atoms with van der Waals surface area (Å²) in [6.45, 7) is 2.19. The minimum Gasteiger partial charge on any atom is -0.388 e. The van der Waals surface area contributed by atoms with E-state index in [1.165, 1.54) is 6.42 Å². The summed E-state index contributed by atoms with van der Waals surface area (Å²) >= 11 is 0. The number of carbonyl (C=O) groups excluding carboxylic acids is 1. The Kier molecular flexibility index (Phi) is 4.48. The lowest BCUT2D eigenvalue weighted by Gasteiger charge is -2.32. The fraction of sp³-hybridized carbons (Fsp3) is 0.444. The maximum absolute atomic E-state index is 12.4. The smallest absolute Gasteiger partial charge is 0.254 e. The molecule has 5 nitrogen and oxygen atoms in total. The summed E-state index contributed by atoms with van der Waals surface area (Å²) in [5.74, 6) is -0.177. The Balaban J connectivity index is 1.70. The minimum atomic E-state index is -0.753. The maximum atomic E-state index is 12.4. The van der Waals surface area contributed by atoms with Crippen LogP contribution >= 0.6 is 0 Å². The third-order valence-corrected chi connectivity index (χ3v) is 4.62. The van der Waals surface area contributed by atoms with Crippen molar-refractivity contribution in [3.63, 3.8) is 0 Å². The maximum Gasteiger partial charge on any atom is 0.254 e. The number of amides is 1. The Hall–Kier alpha value is -2.14. The number of rotatable bonds is 4. The molecule has 0 radical (unpaired) electrons. The van der Waals surface area contributed by atoms with E-state index in [0.29, 0.717) is 12.1 Å². The number of hydrogen-bond acceptors (Lipinski definition) is 3. The van der Waals surface area contributed by atoms with Crippen molar-refractivity contribution in [1.82, 2.24) is 15.1 Å². The van der Waals surface area contributed by atoms with Crippen LogP contribution in [0.3, 0.4) is 0 Å². The van der Waals surface area contributed by atoms with E-state index >= 15 is 0 Å². The second kappa shape index (κ2) is 6.54. The average molecular weight is 313 g/mol. The van der Waals surface area contributed by atoms with E-state index in [1.807, 2.05) is 37.3 Å². The van der Waals surface area contributed by atoms with E-state index < -0.39 is 5.60 Å². The Morgan fingerprint density at radius 1 is 1.26 bits per heavy atom. The van der Waals surface area contributed by atoms with Crippen LogP contribution in [0.4, 0.5) is 0 Å². The SMILES string of the molecule is Cc1c(C(=O)NCC2(O)CCCCC2)cnn1-c1ccccc1. The molecule has 2 N–H and O–H groups in total. The van der Waals surface area contributed by atoms with E-state index in [2.05, 4.69) is 10.4 Å². The summed E-state index contributed by atoms with van der Waals surface area (Å²) in [6.07, 6.45) is 6.32. The summed E-state index contributed by atoms with van der Waals surface area (Å²) in [7, 11) is 0. The van der Waals surface area contributed by atoms with Gasteiger partial charge in [-0.3, -0.25) is 4.79 Å². The van der Waals surface area contributed by atoms with Gasteiger partial charge in [0.25, 0.3) is 5.91 Å². The lowest BCUT2D eigenvalue weighted by molar-refractivity contribution is 0.00525. The Morgan fingerprint density at radius 2 is 1.96 bits per heavy atom. The fourth-order valence-corrected chi connectivity index (χ4v) is 3.19. The van der Waals surface area contributed by atoms with Gasteiger partial charge in [0.05, 0.1) is 28.7 Å². The van der Waals surface area contributed by atoms with Gasteiger partial charge in [-0.25, -0.2) is 4.68 Å². The summed E-state index contributed by atoms with van der Waals surface area (Å²) in [5.41, 5.74) is 1.52. The van der Waals surface area contributed by atoms with Gasteiger partial charge in [0.1, 0.15) is 0 Å². The monoisotopic (exact) mass is 313 g/mol. The van der Waals surface area contributed by atoms with Crippen molar-refractivity contribution < 1.29 is 9.90 Å². The van der Waals surface area contributed by atoms with Gasteiger partial charge in [-0.2, -0.15) is 5.10 Å². The molecule has 23 heavy (non-hydrogen) atoms. The number of carbonyl (C=O) groups is 1. The van der Waals surface area contributed by atoms with E-state index in [4.69, 9.17) is 0 Å². The van der Waals surface area contributed by atoms with Gasteiger partial charge >= 0.3 is 0 Å². The van der Waals surface area contributed by atoms with Crippen LogP contribution in [0.5, 0.6) is 0 Å². The molecule has 0 aliphatic heterocycles. The van der Waals surface area contributed by atoms with E-state index in [-0.39, 0.29) is 5.91 Å². The number of para-hydroxylation sites is 1. The van der Waals surface area contributed by atoms with Gasteiger partial charge in [0, 0.05) is 6.54 Å². The topological polar surface area (TPSA) is 67.2 Å². The van der Waals surface area contributed by atoms with Crippen LogP contribution in [0.25, 0.3) is 5.69 Å². The van der Waals surface area contributed by atoms with Crippen LogP contribution in [0.15, 0.2) is 36.5 Å². The molecule has 0 unspecified atom stereocenters. The number of hydrogen-bond donors (Lipinski definition) is 2. The molecule has 0 spiro atoms. The number of benzene rings is 1. The van der Waals surface area contributed by atoms with E-state index in [0.717, 1.165) is 37.1 Å². The van der Waals surface area contributed by atoms with Crippen LogP contribution in [-0.4, -0.2) is 32.9 Å². The molecular formula is C18H23N3O2. The van der Waals surface area contributed by atoms with Gasteiger partial charge in [0.2, 0.25) is 0 Å². The highest BCUT2D eigenvalue weighted by molar-refractivity contribution is 5.95. The van der Waals surface area contributed by atoms with Crippen molar-refractivity contribution in [3.05, 3.63) is 47.8 Å². The Morgan fingerprint density at radius 3 is 2.65 bits per heavy atom. The molecule has 1 saturated carbocycles. The largest absolute Gasteiger partial charge is 0.388 e. The van der Waals surface area contributed by atoms with Crippen molar-refractivity contribution >= 4 is 5.91 Å². The third-order valence-electron chi connectivity index (χ3n) is 4.62. The fourth-order valence-electron chi connectivity index (χ4n) is 3.19. The zero-order valence-electron chi connectivity index (χ0n) is 13.5. The summed E-state index contributed by atoms with van der Waals surface area (Å²) in [6, 6.07) is 9.73. The van der Waals surface area contributed by atoms with Crippen molar-refractivity contribution in [2.75, 3.05) is 6.54 Å². The van der Waals surface area contributed by atoms with Crippen LogP contribution in [-0.2, 0) is 0 Å². The molecule has 3 rings (SSSR count). The molecule has 122 valence electrons. The molecular weight excluding hydrogens is 290 g/mol.